The quantitative estimate of drug-likeness (QED) is 0.352. The second kappa shape index (κ2) is 10.3. The van der Waals surface area contributed by atoms with Crippen LogP contribution in [0.15, 0.2) is 72.8 Å². The molecule has 0 fully saturated rings. The monoisotopic (exact) mass is 475 g/mol. The molecule has 0 radical (unpaired) electrons. The van der Waals surface area contributed by atoms with E-state index in [2.05, 4.69) is 61.0 Å². The maximum absolute atomic E-state index is 12.2. The van der Waals surface area contributed by atoms with Crippen LogP contribution < -0.4 is 10.1 Å². The van der Waals surface area contributed by atoms with E-state index in [0.717, 1.165) is 23.4 Å². The first kappa shape index (κ1) is 23.8. The Morgan fingerprint density at radius 1 is 1.00 bits per heavy atom. The van der Waals surface area contributed by atoms with E-state index >= 15 is 0 Å². The van der Waals surface area contributed by atoms with Crippen molar-refractivity contribution in [3.8, 4) is 5.75 Å². The second-order valence-electron chi connectivity index (χ2n) is 9.39. The lowest BCUT2D eigenvalue weighted by atomic mass is 9.87. The number of amides is 1. The van der Waals surface area contributed by atoms with Crippen LogP contribution in [0.5, 0.6) is 5.75 Å². The van der Waals surface area contributed by atoms with Crippen LogP contribution >= 0.6 is 11.6 Å². The van der Waals surface area contributed by atoms with Gasteiger partial charge in [0.25, 0.3) is 5.91 Å². The molecule has 0 saturated heterocycles. The molecule has 0 unspecified atom stereocenters. The van der Waals surface area contributed by atoms with Crippen LogP contribution in [0.2, 0.25) is 5.02 Å². The molecule has 0 bridgehead atoms. The van der Waals surface area contributed by atoms with Gasteiger partial charge in [-0.1, -0.05) is 68.8 Å². The maximum Gasteiger partial charge on any atom is 0.257 e. The molecule has 1 N–H and O–H groups in total. The number of imidazole rings is 1. The number of hydrogen-bond donors (Lipinski definition) is 1. The number of ether oxygens (including phenoxy) is 1. The minimum Gasteiger partial charge on any atom is -0.484 e. The Kier molecular flexibility index (Phi) is 7.23. The number of nitrogens with one attached hydrogen (secondary N) is 1. The van der Waals surface area contributed by atoms with Crippen molar-refractivity contribution in [3.05, 3.63) is 94.8 Å². The van der Waals surface area contributed by atoms with E-state index in [4.69, 9.17) is 21.3 Å². The normalized spacial score (nSPS) is 11.5. The fraction of sp³-hybridized carbons (Fsp3) is 0.286. The Hall–Kier alpha value is -3.31. The minimum absolute atomic E-state index is 0.0435. The number of halogens is 1. The molecular weight excluding hydrogens is 446 g/mol. The molecular formula is C28H30ClN3O2. The van der Waals surface area contributed by atoms with Crippen LogP contribution in [0, 0.1) is 0 Å². The molecule has 1 amide bonds. The lowest BCUT2D eigenvalue weighted by Crippen LogP contribution is -2.31. The SMILES string of the molecule is CC(C)(C)c1ccc(Cn2c(CCNC(=O)COc3ccc(Cl)cc3)nc3ccccc32)cc1. The van der Waals surface area contributed by atoms with Crippen LogP contribution in [-0.2, 0) is 23.2 Å². The number of para-hydroxylation sites is 2. The molecule has 176 valence electrons. The van der Waals surface area contributed by atoms with Crippen LogP contribution in [0.3, 0.4) is 0 Å². The molecule has 0 saturated carbocycles. The van der Waals surface area contributed by atoms with E-state index in [0.29, 0.717) is 23.7 Å². The van der Waals surface area contributed by atoms with Crippen molar-refractivity contribution in [2.75, 3.05) is 13.2 Å². The first-order valence-corrected chi connectivity index (χ1v) is 11.9. The first-order chi connectivity index (χ1) is 16.3. The van der Waals surface area contributed by atoms with E-state index in [1.54, 1.807) is 24.3 Å². The van der Waals surface area contributed by atoms with E-state index in [9.17, 15) is 4.79 Å². The van der Waals surface area contributed by atoms with Crippen molar-refractivity contribution in [1.29, 1.82) is 0 Å². The summed E-state index contributed by atoms with van der Waals surface area (Å²) in [5.41, 5.74) is 4.71. The smallest absolute Gasteiger partial charge is 0.257 e. The van der Waals surface area contributed by atoms with Gasteiger partial charge in [0.2, 0.25) is 0 Å². The molecule has 3 aromatic carbocycles. The van der Waals surface area contributed by atoms with Gasteiger partial charge in [0.1, 0.15) is 11.6 Å². The zero-order valence-electron chi connectivity index (χ0n) is 19.8. The molecule has 0 spiro atoms. The Morgan fingerprint density at radius 3 is 2.41 bits per heavy atom. The fourth-order valence-electron chi connectivity index (χ4n) is 3.83. The van der Waals surface area contributed by atoms with Gasteiger partial charge < -0.3 is 14.6 Å². The van der Waals surface area contributed by atoms with Gasteiger partial charge in [-0.15, -0.1) is 0 Å². The van der Waals surface area contributed by atoms with E-state index in [-0.39, 0.29) is 17.9 Å². The lowest BCUT2D eigenvalue weighted by molar-refractivity contribution is -0.123. The van der Waals surface area contributed by atoms with Crippen LogP contribution in [-0.4, -0.2) is 28.6 Å². The topological polar surface area (TPSA) is 56.2 Å². The summed E-state index contributed by atoms with van der Waals surface area (Å²) < 4.78 is 7.75. The van der Waals surface area contributed by atoms with Crippen molar-refractivity contribution >= 4 is 28.5 Å². The molecule has 5 nitrogen and oxygen atoms in total. The van der Waals surface area contributed by atoms with E-state index in [1.807, 2.05) is 18.2 Å². The number of rotatable bonds is 8. The predicted octanol–water partition coefficient (Wildman–Crippen LogP) is 5.77. The lowest BCUT2D eigenvalue weighted by Gasteiger charge is -2.19. The fourth-order valence-corrected chi connectivity index (χ4v) is 3.96. The van der Waals surface area contributed by atoms with Gasteiger partial charge in [-0.3, -0.25) is 4.79 Å². The molecule has 1 heterocycles. The van der Waals surface area contributed by atoms with Gasteiger partial charge in [0.15, 0.2) is 6.61 Å². The van der Waals surface area contributed by atoms with Crippen LogP contribution in [0.25, 0.3) is 11.0 Å². The molecule has 6 heteroatoms. The minimum atomic E-state index is -0.171. The van der Waals surface area contributed by atoms with Crippen LogP contribution in [0.1, 0.15) is 37.7 Å². The van der Waals surface area contributed by atoms with Gasteiger partial charge in [-0.05, 0) is 52.9 Å². The average molecular weight is 476 g/mol. The molecule has 0 aliphatic rings. The predicted molar refractivity (Wildman–Crippen MR) is 138 cm³/mol. The summed E-state index contributed by atoms with van der Waals surface area (Å²) in [6, 6.07) is 23.9. The summed E-state index contributed by atoms with van der Waals surface area (Å²) in [5, 5.41) is 3.56. The standard InChI is InChI=1S/C28H30ClN3O2/c1-28(2,3)21-10-8-20(9-11-21)18-32-25-7-5-4-6-24(25)31-26(32)16-17-30-27(33)19-34-23-14-12-22(29)13-15-23/h4-15H,16-19H2,1-3H3,(H,30,33). The van der Waals surface area contributed by atoms with E-state index < -0.39 is 0 Å². The summed E-state index contributed by atoms with van der Waals surface area (Å²) in [5.74, 6) is 1.38. The van der Waals surface area contributed by atoms with Crippen molar-refractivity contribution in [2.24, 2.45) is 0 Å². The average Bonchev–Trinajstić information content (AvgIpc) is 3.16. The first-order valence-electron chi connectivity index (χ1n) is 11.5. The number of hydrogen-bond acceptors (Lipinski definition) is 3. The van der Waals surface area contributed by atoms with Crippen molar-refractivity contribution in [2.45, 2.75) is 39.2 Å². The summed E-state index contributed by atoms with van der Waals surface area (Å²) >= 11 is 5.88. The number of aromatic nitrogens is 2. The Labute approximate surface area is 205 Å². The molecule has 4 aromatic rings. The van der Waals surface area contributed by atoms with Gasteiger partial charge in [-0.2, -0.15) is 0 Å². The van der Waals surface area contributed by atoms with Gasteiger partial charge in [-0.25, -0.2) is 4.98 Å². The highest BCUT2D eigenvalue weighted by molar-refractivity contribution is 6.30. The summed E-state index contributed by atoms with van der Waals surface area (Å²) in [4.78, 5) is 17.1. The summed E-state index contributed by atoms with van der Waals surface area (Å²) in [7, 11) is 0. The third-order valence-electron chi connectivity index (χ3n) is 5.75. The second-order valence-corrected chi connectivity index (χ2v) is 9.83. The molecule has 0 atom stereocenters. The molecule has 0 aliphatic carbocycles. The molecule has 1 aromatic heterocycles. The van der Waals surface area contributed by atoms with Gasteiger partial charge in [0, 0.05) is 24.5 Å². The van der Waals surface area contributed by atoms with Crippen molar-refractivity contribution < 1.29 is 9.53 Å². The summed E-state index contributed by atoms with van der Waals surface area (Å²) in [6.45, 7) is 7.83. The van der Waals surface area contributed by atoms with Crippen LogP contribution in [0.4, 0.5) is 0 Å². The Bertz CT molecular complexity index is 1260. The molecule has 0 aliphatic heterocycles. The highest BCUT2D eigenvalue weighted by atomic mass is 35.5. The maximum atomic E-state index is 12.2. The Morgan fingerprint density at radius 2 is 1.71 bits per heavy atom. The highest BCUT2D eigenvalue weighted by Gasteiger charge is 2.15. The third-order valence-corrected chi connectivity index (χ3v) is 6.00. The van der Waals surface area contributed by atoms with Gasteiger partial charge >= 0.3 is 0 Å². The van der Waals surface area contributed by atoms with Crippen molar-refractivity contribution in [3.63, 3.8) is 0 Å². The van der Waals surface area contributed by atoms with Crippen molar-refractivity contribution in [1.82, 2.24) is 14.9 Å². The zero-order chi connectivity index (χ0) is 24.1. The number of fused-ring (bicyclic) bond motifs is 1. The number of carbonyl (C=O) groups is 1. The molecule has 34 heavy (non-hydrogen) atoms. The summed E-state index contributed by atoms with van der Waals surface area (Å²) in [6.07, 6.45) is 0.626. The number of nitrogens with zero attached hydrogens (tertiary/aromatic N) is 2. The number of carbonyl (C=O) groups excluding carboxylic acids is 1. The third kappa shape index (κ3) is 5.97. The largest absolute Gasteiger partial charge is 0.484 e. The van der Waals surface area contributed by atoms with Gasteiger partial charge in [0.05, 0.1) is 11.0 Å². The molecule has 4 rings (SSSR count). The zero-order valence-corrected chi connectivity index (χ0v) is 20.6. The highest BCUT2D eigenvalue weighted by Crippen LogP contribution is 2.24. The van der Waals surface area contributed by atoms with E-state index in [1.165, 1.54) is 11.1 Å². The Balaban J connectivity index is 1.40. The number of benzene rings is 3.